The SMILES string of the molecule is C=C1C(C)OC(=O)N1c1cccc(Cl)c1. The van der Waals surface area contributed by atoms with Gasteiger partial charge in [-0.15, -0.1) is 0 Å². The molecule has 1 heterocycles. The number of rotatable bonds is 1. The molecule has 4 heteroatoms. The lowest BCUT2D eigenvalue weighted by Gasteiger charge is -2.14. The van der Waals surface area contributed by atoms with Gasteiger partial charge >= 0.3 is 6.09 Å². The second-order valence-electron chi connectivity index (χ2n) is 3.33. The number of carbonyl (C=O) groups excluding carboxylic acids is 1. The molecule has 1 aromatic rings. The van der Waals surface area contributed by atoms with Crippen LogP contribution in [-0.2, 0) is 4.74 Å². The Morgan fingerprint density at radius 3 is 2.80 bits per heavy atom. The van der Waals surface area contributed by atoms with E-state index in [1.807, 2.05) is 0 Å². The normalized spacial score (nSPS) is 20.7. The number of nitrogens with zero attached hydrogens (tertiary/aromatic N) is 1. The van der Waals surface area contributed by atoms with Crippen molar-refractivity contribution in [3.05, 3.63) is 41.6 Å². The number of halogens is 1. The highest BCUT2D eigenvalue weighted by molar-refractivity contribution is 6.30. The molecule has 78 valence electrons. The molecule has 0 aliphatic carbocycles. The minimum absolute atomic E-state index is 0.281. The Labute approximate surface area is 92.9 Å². The zero-order chi connectivity index (χ0) is 11.0. The van der Waals surface area contributed by atoms with E-state index in [-0.39, 0.29) is 6.10 Å². The van der Waals surface area contributed by atoms with Crippen molar-refractivity contribution in [1.29, 1.82) is 0 Å². The summed E-state index contributed by atoms with van der Waals surface area (Å²) in [6.07, 6.45) is -0.689. The number of anilines is 1. The molecule has 0 saturated carbocycles. The van der Waals surface area contributed by atoms with Crippen LogP contribution in [0.3, 0.4) is 0 Å². The monoisotopic (exact) mass is 223 g/mol. The summed E-state index contributed by atoms with van der Waals surface area (Å²) in [4.78, 5) is 12.9. The number of ether oxygens (including phenoxy) is 1. The van der Waals surface area contributed by atoms with Gasteiger partial charge in [-0.1, -0.05) is 24.2 Å². The highest BCUT2D eigenvalue weighted by Crippen LogP contribution is 2.29. The van der Waals surface area contributed by atoms with Crippen LogP contribution in [0, 0.1) is 0 Å². The molecule has 1 aliphatic heterocycles. The summed E-state index contributed by atoms with van der Waals surface area (Å²) in [6, 6.07) is 7.02. The number of hydrogen-bond acceptors (Lipinski definition) is 2. The molecule has 1 unspecified atom stereocenters. The van der Waals surface area contributed by atoms with Crippen LogP contribution < -0.4 is 4.90 Å². The molecule has 0 spiro atoms. The van der Waals surface area contributed by atoms with Gasteiger partial charge in [0.15, 0.2) is 0 Å². The number of amides is 1. The van der Waals surface area contributed by atoms with Gasteiger partial charge in [0.2, 0.25) is 0 Å². The number of carbonyl (C=O) groups is 1. The summed E-state index contributed by atoms with van der Waals surface area (Å²) >= 11 is 5.85. The van der Waals surface area contributed by atoms with Crippen LogP contribution in [0.5, 0.6) is 0 Å². The van der Waals surface area contributed by atoms with Crippen molar-refractivity contribution in [2.75, 3.05) is 4.90 Å². The molecule has 0 aromatic heterocycles. The van der Waals surface area contributed by atoms with E-state index in [2.05, 4.69) is 6.58 Å². The van der Waals surface area contributed by atoms with Crippen LogP contribution in [0.4, 0.5) is 10.5 Å². The van der Waals surface area contributed by atoms with Gasteiger partial charge in [-0.3, -0.25) is 0 Å². The van der Waals surface area contributed by atoms with E-state index < -0.39 is 6.09 Å². The fourth-order valence-electron chi connectivity index (χ4n) is 1.46. The first kappa shape index (κ1) is 10.1. The molecule has 1 amide bonds. The lowest BCUT2D eigenvalue weighted by Crippen LogP contribution is -2.21. The van der Waals surface area contributed by atoms with Gasteiger partial charge in [-0.05, 0) is 25.1 Å². The van der Waals surface area contributed by atoms with Crippen LogP contribution in [-0.4, -0.2) is 12.2 Å². The molecule has 3 nitrogen and oxygen atoms in total. The lowest BCUT2D eigenvalue weighted by atomic mass is 10.2. The Kier molecular flexibility index (Phi) is 2.40. The van der Waals surface area contributed by atoms with Gasteiger partial charge in [-0.2, -0.15) is 0 Å². The van der Waals surface area contributed by atoms with Crippen LogP contribution >= 0.6 is 11.6 Å². The fourth-order valence-corrected chi connectivity index (χ4v) is 1.64. The predicted octanol–water partition coefficient (Wildman–Crippen LogP) is 3.20. The Morgan fingerprint density at radius 1 is 1.53 bits per heavy atom. The molecule has 1 fully saturated rings. The van der Waals surface area contributed by atoms with Crippen molar-refractivity contribution in [2.45, 2.75) is 13.0 Å². The Bertz CT molecular complexity index is 430. The third-order valence-corrected chi connectivity index (χ3v) is 2.52. The van der Waals surface area contributed by atoms with Crippen molar-refractivity contribution < 1.29 is 9.53 Å². The van der Waals surface area contributed by atoms with Gasteiger partial charge in [0.05, 0.1) is 11.4 Å². The van der Waals surface area contributed by atoms with E-state index in [9.17, 15) is 4.79 Å². The summed E-state index contributed by atoms with van der Waals surface area (Å²) in [5.41, 5.74) is 1.31. The molecule has 0 N–H and O–H groups in total. The molecule has 1 aromatic carbocycles. The third-order valence-electron chi connectivity index (χ3n) is 2.28. The van der Waals surface area contributed by atoms with Crippen LogP contribution in [0.15, 0.2) is 36.5 Å². The van der Waals surface area contributed by atoms with E-state index in [4.69, 9.17) is 16.3 Å². The number of hydrogen-bond donors (Lipinski definition) is 0. The van der Waals surface area contributed by atoms with Gasteiger partial charge in [0, 0.05) is 5.02 Å². The first-order chi connectivity index (χ1) is 7.09. The molecule has 2 rings (SSSR count). The van der Waals surface area contributed by atoms with Crippen molar-refractivity contribution in [1.82, 2.24) is 0 Å². The quantitative estimate of drug-likeness (QED) is 0.732. The molecular formula is C11H10ClNO2. The van der Waals surface area contributed by atoms with Gasteiger partial charge < -0.3 is 4.74 Å². The highest BCUT2D eigenvalue weighted by Gasteiger charge is 2.33. The second kappa shape index (κ2) is 3.59. The highest BCUT2D eigenvalue weighted by atomic mass is 35.5. The first-order valence-electron chi connectivity index (χ1n) is 4.54. The summed E-state index contributed by atoms with van der Waals surface area (Å²) < 4.78 is 5.02. The lowest BCUT2D eigenvalue weighted by molar-refractivity contribution is 0.154. The van der Waals surface area contributed by atoms with Gasteiger partial charge in [0.25, 0.3) is 0 Å². The van der Waals surface area contributed by atoms with Gasteiger partial charge in [0.1, 0.15) is 6.10 Å². The zero-order valence-corrected chi connectivity index (χ0v) is 8.99. The largest absolute Gasteiger partial charge is 0.439 e. The fraction of sp³-hybridized carbons (Fsp3) is 0.182. The van der Waals surface area contributed by atoms with E-state index >= 15 is 0 Å². The maximum Gasteiger partial charge on any atom is 0.419 e. The molecule has 15 heavy (non-hydrogen) atoms. The third kappa shape index (κ3) is 1.70. The molecule has 1 saturated heterocycles. The standard InChI is InChI=1S/C11H10ClNO2/c1-7-8(2)15-11(14)13(7)10-5-3-4-9(12)6-10/h3-6,8H,1H2,2H3. The number of cyclic esters (lactones) is 1. The average Bonchev–Trinajstić information content (AvgIpc) is 2.41. The molecule has 1 atom stereocenters. The number of benzene rings is 1. The second-order valence-corrected chi connectivity index (χ2v) is 3.77. The molecule has 0 radical (unpaired) electrons. The van der Waals surface area contributed by atoms with E-state index in [1.54, 1.807) is 31.2 Å². The topological polar surface area (TPSA) is 29.5 Å². The van der Waals surface area contributed by atoms with E-state index in [0.29, 0.717) is 16.4 Å². The molecule has 1 aliphatic rings. The Balaban J connectivity index is 2.39. The maximum absolute atomic E-state index is 11.5. The molecule has 0 bridgehead atoms. The van der Waals surface area contributed by atoms with Crippen molar-refractivity contribution >= 4 is 23.4 Å². The van der Waals surface area contributed by atoms with Crippen LogP contribution in [0.2, 0.25) is 5.02 Å². The summed E-state index contributed by atoms with van der Waals surface area (Å²) in [5, 5.41) is 0.577. The summed E-state index contributed by atoms with van der Waals surface area (Å²) in [6.45, 7) is 5.59. The van der Waals surface area contributed by atoms with E-state index in [1.165, 1.54) is 4.90 Å². The minimum atomic E-state index is -0.408. The van der Waals surface area contributed by atoms with Crippen LogP contribution in [0.1, 0.15) is 6.92 Å². The maximum atomic E-state index is 11.5. The first-order valence-corrected chi connectivity index (χ1v) is 4.92. The van der Waals surface area contributed by atoms with Crippen molar-refractivity contribution in [2.24, 2.45) is 0 Å². The average molecular weight is 224 g/mol. The van der Waals surface area contributed by atoms with Crippen LogP contribution in [0.25, 0.3) is 0 Å². The van der Waals surface area contributed by atoms with Crippen molar-refractivity contribution in [3.8, 4) is 0 Å². The Morgan fingerprint density at radius 2 is 2.27 bits per heavy atom. The van der Waals surface area contributed by atoms with Crippen molar-refractivity contribution in [3.63, 3.8) is 0 Å². The molecular weight excluding hydrogens is 214 g/mol. The summed E-state index contributed by atoms with van der Waals surface area (Å²) in [5.74, 6) is 0. The predicted molar refractivity (Wildman–Crippen MR) is 59.0 cm³/mol. The summed E-state index contributed by atoms with van der Waals surface area (Å²) in [7, 11) is 0. The minimum Gasteiger partial charge on any atom is -0.439 e. The smallest absolute Gasteiger partial charge is 0.419 e. The Hall–Kier alpha value is -1.48. The van der Waals surface area contributed by atoms with Gasteiger partial charge in [-0.25, -0.2) is 9.69 Å². The van der Waals surface area contributed by atoms with E-state index in [0.717, 1.165) is 0 Å². The zero-order valence-electron chi connectivity index (χ0n) is 8.24.